The SMILES string of the molecule is CNC(=O)C(C(=O)NO)N(CCOC)C(=O)c1ccc(-c2ccccc2)cc1. The van der Waals surface area contributed by atoms with Crippen molar-refractivity contribution in [3.8, 4) is 11.1 Å². The fraction of sp³-hybridized carbons (Fsp3) is 0.250. The summed E-state index contributed by atoms with van der Waals surface area (Å²) in [6.07, 6.45) is 0. The first-order valence-corrected chi connectivity index (χ1v) is 8.64. The molecule has 0 heterocycles. The third-order valence-corrected chi connectivity index (χ3v) is 4.20. The number of methoxy groups -OCH3 is 1. The highest BCUT2D eigenvalue weighted by Crippen LogP contribution is 2.20. The molecule has 0 aliphatic rings. The third kappa shape index (κ3) is 4.93. The molecule has 2 rings (SSSR count). The van der Waals surface area contributed by atoms with Crippen molar-refractivity contribution in [2.24, 2.45) is 0 Å². The lowest BCUT2D eigenvalue weighted by molar-refractivity contribution is -0.141. The van der Waals surface area contributed by atoms with Crippen LogP contribution in [0, 0.1) is 0 Å². The number of nitrogens with one attached hydrogen (secondary N) is 2. The Labute approximate surface area is 163 Å². The molecule has 0 radical (unpaired) electrons. The maximum absolute atomic E-state index is 13.0. The second-order valence-electron chi connectivity index (χ2n) is 5.93. The first-order chi connectivity index (χ1) is 13.5. The highest BCUT2D eigenvalue weighted by Gasteiger charge is 2.35. The highest BCUT2D eigenvalue weighted by atomic mass is 16.5. The lowest BCUT2D eigenvalue weighted by Crippen LogP contribution is -2.57. The minimum Gasteiger partial charge on any atom is -0.383 e. The molecule has 1 unspecified atom stereocenters. The molecule has 0 fully saturated rings. The van der Waals surface area contributed by atoms with Crippen molar-refractivity contribution in [2.75, 3.05) is 27.3 Å². The molecule has 28 heavy (non-hydrogen) atoms. The Morgan fingerprint density at radius 3 is 2.14 bits per heavy atom. The Hall–Kier alpha value is -3.23. The van der Waals surface area contributed by atoms with Crippen LogP contribution in [-0.2, 0) is 14.3 Å². The summed E-state index contributed by atoms with van der Waals surface area (Å²) >= 11 is 0. The maximum Gasteiger partial charge on any atom is 0.275 e. The van der Waals surface area contributed by atoms with Crippen LogP contribution in [0.25, 0.3) is 11.1 Å². The smallest absolute Gasteiger partial charge is 0.275 e. The second-order valence-corrected chi connectivity index (χ2v) is 5.93. The third-order valence-electron chi connectivity index (χ3n) is 4.20. The predicted octanol–water partition coefficient (Wildman–Crippen LogP) is 1.06. The van der Waals surface area contributed by atoms with E-state index in [-0.39, 0.29) is 13.2 Å². The van der Waals surface area contributed by atoms with E-state index in [0.29, 0.717) is 5.56 Å². The summed E-state index contributed by atoms with van der Waals surface area (Å²) in [4.78, 5) is 38.3. The van der Waals surface area contributed by atoms with E-state index < -0.39 is 23.8 Å². The van der Waals surface area contributed by atoms with Crippen LogP contribution in [0.4, 0.5) is 0 Å². The van der Waals surface area contributed by atoms with Gasteiger partial charge in [0.2, 0.25) is 0 Å². The fourth-order valence-electron chi connectivity index (χ4n) is 2.74. The van der Waals surface area contributed by atoms with Crippen LogP contribution in [0.1, 0.15) is 10.4 Å². The molecule has 2 aromatic rings. The van der Waals surface area contributed by atoms with Crippen molar-refractivity contribution < 1.29 is 24.3 Å². The van der Waals surface area contributed by atoms with Crippen molar-refractivity contribution in [3.63, 3.8) is 0 Å². The minimum atomic E-state index is -1.54. The number of carbonyl (C=O) groups is 3. The minimum absolute atomic E-state index is 0.0126. The number of amides is 3. The largest absolute Gasteiger partial charge is 0.383 e. The Morgan fingerprint density at radius 1 is 1.00 bits per heavy atom. The topological polar surface area (TPSA) is 108 Å². The number of carbonyl (C=O) groups excluding carboxylic acids is 3. The van der Waals surface area contributed by atoms with Gasteiger partial charge in [0.05, 0.1) is 6.61 Å². The summed E-state index contributed by atoms with van der Waals surface area (Å²) in [6.45, 7) is 0.0985. The number of hydroxylamine groups is 1. The average Bonchev–Trinajstić information content (AvgIpc) is 2.76. The zero-order valence-corrected chi connectivity index (χ0v) is 15.7. The lowest BCUT2D eigenvalue weighted by Gasteiger charge is -2.29. The van der Waals surface area contributed by atoms with Gasteiger partial charge in [-0.3, -0.25) is 19.6 Å². The molecular formula is C20H23N3O5. The van der Waals surface area contributed by atoms with Crippen LogP contribution >= 0.6 is 0 Å². The molecule has 8 heteroatoms. The molecule has 3 amide bonds. The van der Waals surface area contributed by atoms with E-state index in [0.717, 1.165) is 16.0 Å². The Kier molecular flexibility index (Phi) is 7.67. The van der Waals surface area contributed by atoms with Crippen LogP contribution < -0.4 is 10.8 Å². The summed E-state index contributed by atoms with van der Waals surface area (Å²) in [5.41, 5.74) is 3.67. The zero-order chi connectivity index (χ0) is 20.5. The van der Waals surface area contributed by atoms with Gasteiger partial charge in [0, 0.05) is 26.3 Å². The summed E-state index contributed by atoms with van der Waals surface area (Å²) in [7, 11) is 2.78. The molecule has 0 spiro atoms. The normalized spacial score (nSPS) is 11.4. The molecule has 1 atom stereocenters. The Morgan fingerprint density at radius 2 is 1.61 bits per heavy atom. The maximum atomic E-state index is 13.0. The van der Waals surface area contributed by atoms with Gasteiger partial charge in [0.15, 0.2) is 6.04 Å². The van der Waals surface area contributed by atoms with E-state index in [1.807, 2.05) is 30.3 Å². The van der Waals surface area contributed by atoms with Gasteiger partial charge < -0.3 is 15.0 Å². The molecule has 0 aliphatic carbocycles. The van der Waals surface area contributed by atoms with Crippen molar-refractivity contribution >= 4 is 17.7 Å². The fourth-order valence-corrected chi connectivity index (χ4v) is 2.74. The summed E-state index contributed by atoms with van der Waals surface area (Å²) in [5, 5.41) is 11.3. The monoisotopic (exact) mass is 385 g/mol. The molecular weight excluding hydrogens is 362 g/mol. The molecule has 0 bridgehead atoms. The van der Waals surface area contributed by atoms with Crippen molar-refractivity contribution in [1.82, 2.24) is 15.7 Å². The Balaban J connectivity index is 2.33. The number of benzene rings is 2. The second kappa shape index (κ2) is 10.2. The zero-order valence-electron chi connectivity index (χ0n) is 15.7. The molecule has 3 N–H and O–H groups in total. The molecule has 8 nitrogen and oxygen atoms in total. The van der Waals surface area contributed by atoms with Gasteiger partial charge in [-0.25, -0.2) is 5.48 Å². The van der Waals surface area contributed by atoms with E-state index in [9.17, 15) is 14.4 Å². The molecule has 0 saturated carbocycles. The van der Waals surface area contributed by atoms with Crippen LogP contribution in [0.3, 0.4) is 0 Å². The van der Waals surface area contributed by atoms with Gasteiger partial charge >= 0.3 is 0 Å². The van der Waals surface area contributed by atoms with E-state index >= 15 is 0 Å². The number of nitrogens with zero attached hydrogens (tertiary/aromatic N) is 1. The van der Waals surface area contributed by atoms with Gasteiger partial charge in [0.1, 0.15) is 0 Å². The number of hydrogen-bond acceptors (Lipinski definition) is 5. The number of hydrogen-bond donors (Lipinski definition) is 3. The molecule has 148 valence electrons. The average molecular weight is 385 g/mol. The predicted molar refractivity (Wildman–Crippen MR) is 103 cm³/mol. The lowest BCUT2D eigenvalue weighted by atomic mass is 10.0. The Bertz CT molecular complexity index is 792. The van der Waals surface area contributed by atoms with E-state index in [2.05, 4.69) is 5.32 Å². The van der Waals surface area contributed by atoms with Crippen molar-refractivity contribution in [1.29, 1.82) is 0 Å². The van der Waals surface area contributed by atoms with Crippen molar-refractivity contribution in [3.05, 3.63) is 60.2 Å². The summed E-state index contributed by atoms with van der Waals surface area (Å²) in [6, 6.07) is 15.0. The van der Waals surface area contributed by atoms with E-state index in [1.54, 1.807) is 24.3 Å². The molecule has 0 aliphatic heterocycles. The van der Waals surface area contributed by atoms with Gasteiger partial charge in [-0.1, -0.05) is 42.5 Å². The quantitative estimate of drug-likeness (QED) is 0.358. The first kappa shape index (κ1) is 21.1. The van der Waals surface area contributed by atoms with Crippen LogP contribution in [-0.4, -0.2) is 61.2 Å². The highest BCUT2D eigenvalue weighted by molar-refractivity contribution is 6.08. The first-order valence-electron chi connectivity index (χ1n) is 8.64. The van der Waals surface area contributed by atoms with Crippen molar-refractivity contribution in [2.45, 2.75) is 6.04 Å². The van der Waals surface area contributed by atoms with Gasteiger partial charge in [0.25, 0.3) is 17.7 Å². The summed E-state index contributed by atoms with van der Waals surface area (Å²) < 4.78 is 4.99. The standard InChI is InChI=1S/C20H23N3O5/c1-21-18(24)17(19(25)22-27)23(12-13-28-2)20(26)16-10-8-15(9-11-16)14-6-4-3-5-7-14/h3-11,17,27H,12-13H2,1-2H3,(H,21,24)(H,22,25). The summed E-state index contributed by atoms with van der Waals surface area (Å²) in [5.74, 6) is -2.27. The number of ether oxygens (including phenoxy) is 1. The molecule has 0 saturated heterocycles. The number of likely N-dealkylation sites (N-methyl/N-ethyl adjacent to an activating group) is 1. The van der Waals surface area contributed by atoms with E-state index in [4.69, 9.17) is 9.94 Å². The van der Waals surface area contributed by atoms with Gasteiger partial charge in [-0.15, -0.1) is 0 Å². The van der Waals surface area contributed by atoms with Gasteiger partial charge in [-0.05, 0) is 23.3 Å². The molecule has 0 aromatic heterocycles. The van der Waals surface area contributed by atoms with E-state index in [1.165, 1.54) is 19.6 Å². The molecule has 2 aromatic carbocycles. The van der Waals surface area contributed by atoms with Crippen LogP contribution in [0.15, 0.2) is 54.6 Å². The van der Waals surface area contributed by atoms with Crippen LogP contribution in [0.2, 0.25) is 0 Å². The number of rotatable bonds is 8. The van der Waals surface area contributed by atoms with Crippen LogP contribution in [0.5, 0.6) is 0 Å². The van der Waals surface area contributed by atoms with Gasteiger partial charge in [-0.2, -0.15) is 0 Å².